The molecule has 7 nitrogen and oxygen atoms in total. The first kappa shape index (κ1) is 21.6. The molecule has 2 aromatic carbocycles. The smallest absolute Gasteiger partial charge is 0.253 e. The summed E-state index contributed by atoms with van der Waals surface area (Å²) in [4.78, 5) is 14.7. The summed E-state index contributed by atoms with van der Waals surface area (Å²) in [6.45, 7) is 1.59. The van der Waals surface area contributed by atoms with Crippen molar-refractivity contribution >= 4 is 33.2 Å². The highest BCUT2D eigenvalue weighted by Gasteiger charge is 2.27. The molecule has 1 heterocycles. The fraction of sp³-hybridized carbons (Fsp3) is 0.350. The van der Waals surface area contributed by atoms with Crippen LogP contribution in [0.15, 0.2) is 47.4 Å². The van der Waals surface area contributed by atoms with Gasteiger partial charge in [0.05, 0.1) is 28.7 Å². The number of nitrogens with one attached hydrogen (secondary N) is 1. The molecule has 2 aromatic rings. The van der Waals surface area contributed by atoms with E-state index < -0.39 is 15.9 Å². The summed E-state index contributed by atoms with van der Waals surface area (Å²) < 4.78 is 32.2. The number of benzene rings is 2. The number of amides is 1. The van der Waals surface area contributed by atoms with E-state index in [1.165, 1.54) is 22.5 Å². The van der Waals surface area contributed by atoms with E-state index in [0.717, 1.165) is 11.3 Å². The zero-order chi connectivity index (χ0) is 21.0. The van der Waals surface area contributed by atoms with E-state index in [2.05, 4.69) is 5.32 Å². The Morgan fingerprint density at radius 1 is 1.14 bits per heavy atom. The second kappa shape index (κ2) is 9.13. The van der Waals surface area contributed by atoms with Crippen molar-refractivity contribution in [3.8, 4) is 0 Å². The van der Waals surface area contributed by atoms with Crippen LogP contribution in [0.2, 0.25) is 5.02 Å². The van der Waals surface area contributed by atoms with Gasteiger partial charge in [0.15, 0.2) is 0 Å². The van der Waals surface area contributed by atoms with Gasteiger partial charge in [0.25, 0.3) is 5.91 Å². The summed E-state index contributed by atoms with van der Waals surface area (Å²) in [6, 6.07) is 12.0. The van der Waals surface area contributed by atoms with Gasteiger partial charge in [-0.2, -0.15) is 4.31 Å². The van der Waals surface area contributed by atoms with Crippen LogP contribution < -0.4 is 10.2 Å². The van der Waals surface area contributed by atoms with Crippen molar-refractivity contribution in [2.75, 3.05) is 45.3 Å². The molecule has 1 N–H and O–H groups in total. The minimum Gasteiger partial charge on any atom is -0.379 e. The summed E-state index contributed by atoms with van der Waals surface area (Å²) in [7, 11) is 0.205. The minimum absolute atomic E-state index is 0.0456. The fourth-order valence-electron chi connectivity index (χ4n) is 2.96. The van der Waals surface area contributed by atoms with Crippen molar-refractivity contribution in [3.63, 3.8) is 0 Å². The van der Waals surface area contributed by atoms with Crippen LogP contribution in [0.1, 0.15) is 15.9 Å². The normalized spacial score (nSPS) is 15.1. The lowest BCUT2D eigenvalue weighted by atomic mass is 10.1. The Bertz CT molecular complexity index is 972. The van der Waals surface area contributed by atoms with Crippen LogP contribution in [0, 0.1) is 0 Å². The predicted molar refractivity (Wildman–Crippen MR) is 113 cm³/mol. The number of carbonyl (C=O) groups excluding carboxylic acids is 1. The first-order valence-electron chi connectivity index (χ1n) is 9.21. The Kier molecular flexibility index (Phi) is 6.79. The SMILES string of the molecule is CN(C)c1ccc(CNC(=O)c2cc(S(=O)(=O)N3CCOCC3)ccc2Cl)cc1. The quantitative estimate of drug-likeness (QED) is 0.750. The van der Waals surface area contributed by atoms with E-state index in [9.17, 15) is 13.2 Å². The Balaban J connectivity index is 1.74. The van der Waals surface area contributed by atoms with Crippen LogP contribution in [0.3, 0.4) is 0 Å². The molecule has 0 aliphatic carbocycles. The van der Waals surface area contributed by atoms with Crippen LogP contribution in [-0.2, 0) is 21.3 Å². The van der Waals surface area contributed by atoms with Crippen LogP contribution in [0.4, 0.5) is 5.69 Å². The number of hydrogen-bond donors (Lipinski definition) is 1. The number of morpholine rings is 1. The monoisotopic (exact) mass is 437 g/mol. The molecular formula is C20H24ClN3O4S. The lowest BCUT2D eigenvalue weighted by molar-refractivity contribution is 0.0730. The Morgan fingerprint density at radius 3 is 2.41 bits per heavy atom. The molecule has 0 saturated carbocycles. The van der Waals surface area contributed by atoms with Gasteiger partial charge in [0, 0.05) is 39.4 Å². The molecule has 1 fully saturated rings. The second-order valence-corrected chi connectivity index (χ2v) is 9.25. The fourth-order valence-corrected chi connectivity index (χ4v) is 4.60. The van der Waals surface area contributed by atoms with Gasteiger partial charge in [-0.05, 0) is 35.9 Å². The van der Waals surface area contributed by atoms with E-state index in [0.29, 0.717) is 19.8 Å². The Hall–Kier alpha value is -2.13. The topological polar surface area (TPSA) is 79.0 Å². The summed E-state index contributed by atoms with van der Waals surface area (Å²) in [5.74, 6) is -0.425. The van der Waals surface area contributed by atoms with E-state index in [-0.39, 0.29) is 28.6 Å². The molecule has 156 valence electrons. The summed E-state index contributed by atoms with van der Waals surface area (Å²) >= 11 is 6.17. The molecule has 0 radical (unpaired) electrons. The van der Waals surface area contributed by atoms with Gasteiger partial charge in [-0.3, -0.25) is 4.79 Å². The highest BCUT2D eigenvalue weighted by atomic mass is 35.5. The van der Waals surface area contributed by atoms with E-state index in [1.807, 2.05) is 43.3 Å². The van der Waals surface area contributed by atoms with Crippen molar-refractivity contribution in [2.24, 2.45) is 0 Å². The number of rotatable bonds is 6. The maximum Gasteiger partial charge on any atom is 0.253 e. The second-order valence-electron chi connectivity index (χ2n) is 6.90. The van der Waals surface area contributed by atoms with E-state index >= 15 is 0 Å². The minimum atomic E-state index is -3.70. The third-order valence-corrected chi connectivity index (χ3v) is 6.92. The number of sulfonamides is 1. The van der Waals surface area contributed by atoms with Gasteiger partial charge in [-0.25, -0.2) is 8.42 Å². The first-order valence-corrected chi connectivity index (χ1v) is 11.0. The van der Waals surface area contributed by atoms with Gasteiger partial charge in [-0.15, -0.1) is 0 Å². The van der Waals surface area contributed by atoms with E-state index in [1.54, 1.807) is 0 Å². The lowest BCUT2D eigenvalue weighted by Crippen LogP contribution is -2.40. The third-order valence-electron chi connectivity index (χ3n) is 4.70. The molecule has 1 saturated heterocycles. The zero-order valence-corrected chi connectivity index (χ0v) is 18.0. The average Bonchev–Trinajstić information content (AvgIpc) is 2.73. The number of halogens is 1. The molecule has 1 aliphatic heterocycles. The van der Waals surface area contributed by atoms with Gasteiger partial charge in [0.1, 0.15) is 0 Å². The summed E-state index contributed by atoms with van der Waals surface area (Å²) in [6.07, 6.45) is 0. The molecule has 0 aromatic heterocycles. The molecule has 0 bridgehead atoms. The Labute approximate surface area is 176 Å². The molecule has 0 unspecified atom stereocenters. The molecule has 1 aliphatic rings. The van der Waals surface area contributed by atoms with Gasteiger partial charge in [0.2, 0.25) is 10.0 Å². The van der Waals surface area contributed by atoms with Crippen LogP contribution in [0.25, 0.3) is 0 Å². The van der Waals surface area contributed by atoms with Crippen LogP contribution >= 0.6 is 11.6 Å². The maximum absolute atomic E-state index is 12.8. The van der Waals surface area contributed by atoms with Gasteiger partial charge >= 0.3 is 0 Å². The number of anilines is 1. The lowest BCUT2D eigenvalue weighted by Gasteiger charge is -2.26. The molecule has 0 atom stereocenters. The van der Waals surface area contributed by atoms with Crippen LogP contribution in [0.5, 0.6) is 0 Å². The number of ether oxygens (including phenoxy) is 1. The average molecular weight is 438 g/mol. The highest BCUT2D eigenvalue weighted by Crippen LogP contribution is 2.24. The number of hydrogen-bond acceptors (Lipinski definition) is 5. The molecule has 3 rings (SSSR count). The van der Waals surface area contributed by atoms with Crippen LogP contribution in [-0.4, -0.2) is 59.0 Å². The highest BCUT2D eigenvalue weighted by molar-refractivity contribution is 7.89. The van der Waals surface area contributed by atoms with Gasteiger partial charge in [-0.1, -0.05) is 23.7 Å². The van der Waals surface area contributed by atoms with E-state index in [4.69, 9.17) is 16.3 Å². The molecule has 29 heavy (non-hydrogen) atoms. The maximum atomic E-state index is 12.8. The molecular weight excluding hydrogens is 414 g/mol. The van der Waals surface area contributed by atoms with Crippen molar-refractivity contribution in [1.82, 2.24) is 9.62 Å². The molecule has 0 spiro atoms. The van der Waals surface area contributed by atoms with Crippen molar-refractivity contribution in [3.05, 3.63) is 58.6 Å². The molecule has 1 amide bonds. The largest absolute Gasteiger partial charge is 0.379 e. The number of nitrogens with zero attached hydrogens (tertiary/aromatic N) is 2. The Morgan fingerprint density at radius 2 is 1.79 bits per heavy atom. The van der Waals surface area contributed by atoms with Crippen molar-refractivity contribution in [2.45, 2.75) is 11.4 Å². The van der Waals surface area contributed by atoms with Crippen molar-refractivity contribution in [1.29, 1.82) is 0 Å². The predicted octanol–water partition coefficient (Wildman–Crippen LogP) is 2.36. The zero-order valence-electron chi connectivity index (χ0n) is 16.4. The summed E-state index contributed by atoms with van der Waals surface area (Å²) in [5.41, 5.74) is 2.12. The standard InChI is InChI=1S/C20H24ClN3O4S/c1-23(2)16-5-3-15(4-6-16)14-22-20(25)18-13-17(7-8-19(18)21)29(26,27)24-9-11-28-12-10-24/h3-8,13H,9-12,14H2,1-2H3,(H,22,25). The first-order chi connectivity index (χ1) is 13.8. The number of carbonyl (C=O) groups is 1. The molecule has 9 heteroatoms. The van der Waals surface area contributed by atoms with Gasteiger partial charge < -0.3 is 15.0 Å². The summed E-state index contributed by atoms with van der Waals surface area (Å²) in [5, 5.41) is 3.00. The third kappa shape index (κ3) is 5.08. The van der Waals surface area contributed by atoms with Crippen molar-refractivity contribution < 1.29 is 17.9 Å².